The Kier molecular flexibility index (Phi) is 4.23. The summed E-state index contributed by atoms with van der Waals surface area (Å²) in [6.07, 6.45) is 5.13. The van der Waals surface area contributed by atoms with Gasteiger partial charge in [-0.25, -0.2) is 9.97 Å². The number of hydrogen-bond acceptors (Lipinski definition) is 6. The van der Waals surface area contributed by atoms with Gasteiger partial charge in [0.1, 0.15) is 22.8 Å². The maximum absolute atomic E-state index is 5.87. The third kappa shape index (κ3) is 2.86. The van der Waals surface area contributed by atoms with Gasteiger partial charge in [-0.3, -0.25) is 4.98 Å². The van der Waals surface area contributed by atoms with E-state index in [0.717, 1.165) is 33.6 Å². The van der Waals surface area contributed by atoms with Crippen LogP contribution < -0.4 is 10.1 Å². The number of rotatable bonds is 5. The molecule has 6 heteroatoms. The summed E-state index contributed by atoms with van der Waals surface area (Å²) in [6.45, 7) is 2.49. The molecule has 0 radical (unpaired) electrons. The van der Waals surface area contributed by atoms with Gasteiger partial charge < -0.3 is 14.5 Å². The standard InChI is InChI=1S/C20H18N4O2/c1-3-25-17-11-14(16-7-5-9-26-16)10-15-18(17)23-19(24-20(15)21-2)13-6-4-8-22-12-13/h4-12H,3H2,1-2H3,(H,21,23,24). The fourth-order valence-electron chi connectivity index (χ4n) is 2.87. The van der Waals surface area contributed by atoms with E-state index in [-0.39, 0.29) is 0 Å². The molecule has 4 rings (SSSR count). The summed E-state index contributed by atoms with van der Waals surface area (Å²) < 4.78 is 11.4. The molecule has 0 atom stereocenters. The average molecular weight is 346 g/mol. The van der Waals surface area contributed by atoms with E-state index in [0.29, 0.717) is 18.2 Å². The average Bonchev–Trinajstić information content (AvgIpc) is 3.23. The van der Waals surface area contributed by atoms with E-state index in [1.165, 1.54) is 0 Å². The van der Waals surface area contributed by atoms with Crippen molar-refractivity contribution in [3.05, 3.63) is 55.1 Å². The van der Waals surface area contributed by atoms with Crippen LogP contribution in [0.2, 0.25) is 0 Å². The first kappa shape index (κ1) is 16.1. The fraction of sp³-hybridized carbons (Fsp3) is 0.150. The molecule has 0 amide bonds. The normalized spacial score (nSPS) is 10.8. The number of aromatic nitrogens is 3. The van der Waals surface area contributed by atoms with Crippen LogP contribution in [0.15, 0.2) is 59.5 Å². The van der Waals surface area contributed by atoms with Crippen LogP contribution in [-0.2, 0) is 0 Å². The monoisotopic (exact) mass is 346 g/mol. The van der Waals surface area contributed by atoms with Crippen molar-refractivity contribution in [1.29, 1.82) is 0 Å². The molecule has 0 unspecified atom stereocenters. The Bertz CT molecular complexity index is 1030. The second-order valence-electron chi connectivity index (χ2n) is 5.67. The van der Waals surface area contributed by atoms with E-state index < -0.39 is 0 Å². The fourth-order valence-corrected chi connectivity index (χ4v) is 2.87. The van der Waals surface area contributed by atoms with Crippen LogP contribution in [-0.4, -0.2) is 28.6 Å². The minimum absolute atomic E-state index is 0.540. The number of ether oxygens (including phenoxy) is 1. The quantitative estimate of drug-likeness (QED) is 0.578. The number of hydrogen-bond donors (Lipinski definition) is 1. The molecule has 0 aliphatic rings. The van der Waals surface area contributed by atoms with Gasteiger partial charge in [-0.2, -0.15) is 0 Å². The first-order valence-electron chi connectivity index (χ1n) is 8.40. The minimum Gasteiger partial charge on any atom is -0.492 e. The van der Waals surface area contributed by atoms with Gasteiger partial charge in [-0.05, 0) is 43.3 Å². The molecule has 26 heavy (non-hydrogen) atoms. The zero-order chi connectivity index (χ0) is 17.9. The number of fused-ring (bicyclic) bond motifs is 1. The lowest BCUT2D eigenvalue weighted by Crippen LogP contribution is -2.02. The molecule has 1 N–H and O–H groups in total. The maximum atomic E-state index is 5.87. The predicted molar refractivity (Wildman–Crippen MR) is 101 cm³/mol. The summed E-state index contributed by atoms with van der Waals surface area (Å²) in [7, 11) is 1.84. The van der Waals surface area contributed by atoms with Gasteiger partial charge in [0.25, 0.3) is 0 Å². The van der Waals surface area contributed by atoms with Crippen LogP contribution in [0, 0.1) is 0 Å². The highest BCUT2D eigenvalue weighted by molar-refractivity contribution is 5.97. The largest absolute Gasteiger partial charge is 0.492 e. The smallest absolute Gasteiger partial charge is 0.163 e. The Morgan fingerprint density at radius 1 is 1.12 bits per heavy atom. The lowest BCUT2D eigenvalue weighted by Gasteiger charge is -2.13. The second-order valence-corrected chi connectivity index (χ2v) is 5.67. The number of nitrogens with zero attached hydrogens (tertiary/aromatic N) is 3. The van der Waals surface area contributed by atoms with Crippen LogP contribution in [0.25, 0.3) is 33.6 Å². The van der Waals surface area contributed by atoms with Crippen LogP contribution in [0.4, 0.5) is 5.82 Å². The summed E-state index contributed by atoms with van der Waals surface area (Å²) in [5, 5.41) is 4.04. The predicted octanol–water partition coefficient (Wildman–Crippen LogP) is 4.39. The number of pyridine rings is 1. The van der Waals surface area contributed by atoms with Crippen molar-refractivity contribution in [2.24, 2.45) is 0 Å². The van der Waals surface area contributed by atoms with E-state index >= 15 is 0 Å². The van der Waals surface area contributed by atoms with Gasteiger partial charge >= 0.3 is 0 Å². The van der Waals surface area contributed by atoms with Gasteiger partial charge in [-0.15, -0.1) is 0 Å². The van der Waals surface area contributed by atoms with Crippen molar-refractivity contribution < 1.29 is 9.15 Å². The molecule has 0 aliphatic carbocycles. The van der Waals surface area contributed by atoms with Gasteiger partial charge in [-0.1, -0.05) is 0 Å². The third-order valence-corrected chi connectivity index (χ3v) is 4.03. The molecular weight excluding hydrogens is 328 g/mol. The highest BCUT2D eigenvalue weighted by Crippen LogP contribution is 2.36. The molecule has 3 aromatic heterocycles. The van der Waals surface area contributed by atoms with Crippen LogP contribution >= 0.6 is 0 Å². The van der Waals surface area contributed by atoms with E-state index in [1.807, 2.05) is 50.4 Å². The van der Waals surface area contributed by atoms with E-state index in [9.17, 15) is 0 Å². The second kappa shape index (κ2) is 6.84. The number of benzene rings is 1. The topological polar surface area (TPSA) is 73.1 Å². The Balaban J connectivity index is 1.99. The molecule has 0 bridgehead atoms. The molecule has 3 heterocycles. The Labute approximate surface area is 150 Å². The van der Waals surface area contributed by atoms with Crippen LogP contribution in [0.3, 0.4) is 0 Å². The molecule has 0 fully saturated rings. The first-order chi connectivity index (χ1) is 12.8. The Morgan fingerprint density at radius 2 is 2.04 bits per heavy atom. The summed E-state index contributed by atoms with van der Waals surface area (Å²) in [4.78, 5) is 13.6. The molecular formula is C20H18N4O2. The molecule has 0 saturated carbocycles. The van der Waals surface area contributed by atoms with Gasteiger partial charge in [0, 0.05) is 36.0 Å². The zero-order valence-electron chi connectivity index (χ0n) is 14.6. The lowest BCUT2D eigenvalue weighted by molar-refractivity contribution is 0.343. The first-order valence-corrected chi connectivity index (χ1v) is 8.40. The summed E-state index contributed by atoms with van der Waals surface area (Å²) in [6, 6.07) is 11.5. The van der Waals surface area contributed by atoms with Gasteiger partial charge in [0.2, 0.25) is 0 Å². The summed E-state index contributed by atoms with van der Waals surface area (Å²) >= 11 is 0. The molecule has 0 spiro atoms. The number of nitrogens with one attached hydrogen (secondary N) is 1. The van der Waals surface area contributed by atoms with E-state index in [4.69, 9.17) is 14.1 Å². The van der Waals surface area contributed by atoms with Crippen molar-refractivity contribution in [2.45, 2.75) is 6.92 Å². The van der Waals surface area contributed by atoms with E-state index in [2.05, 4.69) is 15.3 Å². The zero-order valence-corrected chi connectivity index (χ0v) is 14.6. The molecule has 130 valence electrons. The molecule has 0 saturated heterocycles. The van der Waals surface area contributed by atoms with Crippen molar-refractivity contribution in [3.8, 4) is 28.5 Å². The maximum Gasteiger partial charge on any atom is 0.163 e. The Morgan fingerprint density at radius 3 is 2.73 bits per heavy atom. The van der Waals surface area contributed by atoms with Crippen molar-refractivity contribution >= 4 is 16.7 Å². The SMILES string of the molecule is CCOc1cc(-c2ccco2)cc2c(NC)nc(-c3cccnc3)nc12. The molecule has 6 nitrogen and oxygen atoms in total. The Hall–Kier alpha value is -3.41. The van der Waals surface area contributed by atoms with Gasteiger partial charge in [0.15, 0.2) is 5.82 Å². The van der Waals surface area contributed by atoms with E-state index in [1.54, 1.807) is 18.7 Å². The number of furan rings is 1. The number of anilines is 1. The van der Waals surface area contributed by atoms with Crippen LogP contribution in [0.5, 0.6) is 5.75 Å². The van der Waals surface area contributed by atoms with Crippen molar-refractivity contribution in [1.82, 2.24) is 15.0 Å². The summed E-state index contributed by atoms with van der Waals surface area (Å²) in [5.41, 5.74) is 2.52. The molecule has 0 aliphatic heterocycles. The van der Waals surface area contributed by atoms with Crippen molar-refractivity contribution in [3.63, 3.8) is 0 Å². The highest BCUT2D eigenvalue weighted by atomic mass is 16.5. The summed E-state index contributed by atoms with van der Waals surface area (Å²) in [5.74, 6) is 2.79. The third-order valence-electron chi connectivity index (χ3n) is 4.03. The molecule has 1 aromatic carbocycles. The minimum atomic E-state index is 0.540. The lowest BCUT2D eigenvalue weighted by atomic mass is 10.1. The van der Waals surface area contributed by atoms with Gasteiger partial charge in [0.05, 0.1) is 12.9 Å². The highest BCUT2D eigenvalue weighted by Gasteiger charge is 2.16. The van der Waals surface area contributed by atoms with Crippen molar-refractivity contribution in [2.75, 3.05) is 19.0 Å². The van der Waals surface area contributed by atoms with Crippen LogP contribution in [0.1, 0.15) is 6.92 Å². The molecule has 4 aromatic rings.